The summed E-state index contributed by atoms with van der Waals surface area (Å²) in [6.07, 6.45) is -1.84. The molecule has 1 aliphatic heterocycles. The van der Waals surface area contributed by atoms with E-state index >= 15 is 0 Å². The van der Waals surface area contributed by atoms with E-state index in [4.69, 9.17) is 0 Å². The van der Waals surface area contributed by atoms with Crippen molar-refractivity contribution < 1.29 is 13.2 Å². The Hall–Kier alpha value is -1.07. The molecule has 2 unspecified atom stereocenters. The first kappa shape index (κ1) is 16.3. The summed E-state index contributed by atoms with van der Waals surface area (Å²) in [4.78, 5) is 2.22. The second-order valence-electron chi connectivity index (χ2n) is 5.95. The van der Waals surface area contributed by atoms with Crippen LogP contribution in [0, 0.1) is 5.92 Å². The van der Waals surface area contributed by atoms with Crippen molar-refractivity contribution in [1.29, 1.82) is 0 Å². The van der Waals surface area contributed by atoms with Gasteiger partial charge in [0.25, 0.3) is 0 Å². The molecule has 2 atom stereocenters. The third kappa shape index (κ3) is 4.45. The predicted molar refractivity (Wildman–Crippen MR) is 78.1 cm³/mol. The highest BCUT2D eigenvalue weighted by Gasteiger charge is 2.30. The zero-order chi connectivity index (χ0) is 15.5. The first-order chi connectivity index (χ1) is 9.88. The van der Waals surface area contributed by atoms with E-state index in [9.17, 15) is 13.2 Å². The Bertz CT molecular complexity index is 436. The van der Waals surface area contributed by atoms with Gasteiger partial charge in [-0.15, -0.1) is 0 Å². The van der Waals surface area contributed by atoms with Gasteiger partial charge in [0.1, 0.15) is 0 Å². The number of hydrogen-bond donors (Lipinski definition) is 1. The lowest BCUT2D eigenvalue weighted by molar-refractivity contribution is -0.137. The van der Waals surface area contributed by atoms with Crippen LogP contribution in [-0.2, 0) is 6.18 Å². The average molecular weight is 300 g/mol. The molecular weight excluding hydrogens is 277 g/mol. The summed E-state index contributed by atoms with van der Waals surface area (Å²) < 4.78 is 37.7. The number of piperidine rings is 1. The third-order valence-corrected chi connectivity index (χ3v) is 4.33. The van der Waals surface area contributed by atoms with E-state index in [1.165, 1.54) is 25.0 Å². The Morgan fingerprint density at radius 3 is 2.48 bits per heavy atom. The van der Waals surface area contributed by atoms with E-state index in [-0.39, 0.29) is 6.04 Å². The molecular formula is C16H23F3N2. The topological polar surface area (TPSA) is 15.3 Å². The van der Waals surface area contributed by atoms with Crippen molar-refractivity contribution >= 4 is 0 Å². The van der Waals surface area contributed by atoms with E-state index < -0.39 is 11.7 Å². The molecule has 0 radical (unpaired) electrons. The van der Waals surface area contributed by atoms with Crippen molar-refractivity contribution in [1.82, 2.24) is 10.2 Å². The van der Waals surface area contributed by atoms with Gasteiger partial charge >= 0.3 is 6.18 Å². The lowest BCUT2D eigenvalue weighted by atomic mass is 9.97. The van der Waals surface area contributed by atoms with Gasteiger partial charge in [-0.05, 0) is 63.5 Å². The highest BCUT2D eigenvalue weighted by atomic mass is 19.4. The average Bonchev–Trinajstić information content (AvgIpc) is 2.46. The summed E-state index contributed by atoms with van der Waals surface area (Å²) in [6, 6.07) is 5.63. The number of halogens is 3. The maximum atomic E-state index is 12.6. The van der Waals surface area contributed by atoms with Crippen LogP contribution in [0.25, 0.3) is 0 Å². The van der Waals surface area contributed by atoms with Crippen LogP contribution >= 0.6 is 0 Å². The van der Waals surface area contributed by atoms with E-state index in [0.717, 1.165) is 25.2 Å². The van der Waals surface area contributed by atoms with E-state index in [0.29, 0.717) is 5.92 Å². The molecule has 1 saturated heterocycles. The minimum atomic E-state index is -4.26. The smallest absolute Gasteiger partial charge is 0.316 e. The minimum Gasteiger partial charge on any atom is -0.316 e. The Morgan fingerprint density at radius 1 is 1.29 bits per heavy atom. The van der Waals surface area contributed by atoms with Crippen molar-refractivity contribution in [3.05, 3.63) is 35.4 Å². The summed E-state index contributed by atoms with van der Waals surface area (Å²) >= 11 is 0. The van der Waals surface area contributed by atoms with Crippen molar-refractivity contribution in [2.24, 2.45) is 5.92 Å². The molecule has 5 heteroatoms. The SMILES string of the molecule is CC(c1ccc(C(F)(F)F)cc1)N(C)CC1CCCNC1. The van der Waals surface area contributed by atoms with Crippen molar-refractivity contribution in [3.8, 4) is 0 Å². The first-order valence-corrected chi connectivity index (χ1v) is 7.46. The molecule has 21 heavy (non-hydrogen) atoms. The summed E-state index contributed by atoms with van der Waals surface area (Å²) in [5.41, 5.74) is 0.340. The fraction of sp³-hybridized carbons (Fsp3) is 0.625. The minimum absolute atomic E-state index is 0.120. The summed E-state index contributed by atoms with van der Waals surface area (Å²) in [7, 11) is 2.04. The predicted octanol–water partition coefficient (Wildman–Crippen LogP) is 3.70. The molecule has 1 N–H and O–H groups in total. The monoisotopic (exact) mass is 300 g/mol. The molecule has 2 nitrogen and oxygen atoms in total. The van der Waals surface area contributed by atoms with Crippen LogP contribution in [-0.4, -0.2) is 31.6 Å². The number of benzene rings is 1. The summed E-state index contributed by atoms with van der Waals surface area (Å²) in [5.74, 6) is 0.626. The molecule has 1 aliphatic rings. The fourth-order valence-electron chi connectivity index (χ4n) is 2.85. The number of hydrogen-bond acceptors (Lipinski definition) is 2. The van der Waals surface area contributed by atoms with Crippen molar-refractivity contribution in [2.75, 3.05) is 26.7 Å². The molecule has 1 aromatic rings. The molecule has 0 amide bonds. The van der Waals surface area contributed by atoms with E-state index in [2.05, 4.69) is 10.2 Å². The van der Waals surface area contributed by atoms with Crippen LogP contribution in [0.3, 0.4) is 0 Å². The van der Waals surface area contributed by atoms with E-state index in [1.54, 1.807) is 12.1 Å². The first-order valence-electron chi connectivity index (χ1n) is 7.46. The highest BCUT2D eigenvalue weighted by Crippen LogP contribution is 2.30. The van der Waals surface area contributed by atoms with Gasteiger partial charge in [-0.25, -0.2) is 0 Å². The molecule has 0 aromatic heterocycles. The van der Waals surface area contributed by atoms with Gasteiger partial charge in [0, 0.05) is 12.6 Å². The van der Waals surface area contributed by atoms with Gasteiger partial charge in [0.05, 0.1) is 5.56 Å². The third-order valence-electron chi connectivity index (χ3n) is 4.33. The van der Waals surface area contributed by atoms with Crippen molar-refractivity contribution in [3.63, 3.8) is 0 Å². The van der Waals surface area contributed by atoms with Crippen molar-refractivity contribution in [2.45, 2.75) is 32.0 Å². The largest absolute Gasteiger partial charge is 0.416 e. The molecule has 0 saturated carbocycles. The second-order valence-corrected chi connectivity index (χ2v) is 5.95. The zero-order valence-corrected chi connectivity index (χ0v) is 12.6. The number of alkyl halides is 3. The number of rotatable bonds is 4. The quantitative estimate of drug-likeness (QED) is 0.912. The normalized spacial score (nSPS) is 21.5. The standard InChI is InChI=1S/C16H23F3N2/c1-12(21(2)11-13-4-3-9-20-10-13)14-5-7-15(8-6-14)16(17,18)19/h5-8,12-13,20H,3-4,9-11H2,1-2H3. The van der Waals surface area contributed by atoms with Gasteiger partial charge in [-0.3, -0.25) is 4.90 Å². The Labute approximate surface area is 124 Å². The van der Waals surface area contributed by atoms with Crippen LogP contribution in [0.2, 0.25) is 0 Å². The van der Waals surface area contributed by atoms with Gasteiger partial charge in [-0.2, -0.15) is 13.2 Å². The summed E-state index contributed by atoms with van der Waals surface area (Å²) in [6.45, 7) is 5.13. The fourth-order valence-corrected chi connectivity index (χ4v) is 2.85. The molecule has 118 valence electrons. The zero-order valence-electron chi connectivity index (χ0n) is 12.6. The molecule has 1 aromatic carbocycles. The van der Waals surface area contributed by atoms with E-state index in [1.807, 2.05) is 14.0 Å². The number of nitrogens with one attached hydrogen (secondary N) is 1. The second kappa shape index (κ2) is 6.79. The van der Waals surface area contributed by atoms with Gasteiger partial charge in [0.2, 0.25) is 0 Å². The Kier molecular flexibility index (Phi) is 5.27. The maximum Gasteiger partial charge on any atom is 0.416 e. The van der Waals surface area contributed by atoms with Crippen LogP contribution < -0.4 is 5.32 Å². The summed E-state index contributed by atoms with van der Waals surface area (Å²) in [5, 5.41) is 3.39. The molecule has 0 bridgehead atoms. The molecule has 1 fully saturated rings. The van der Waals surface area contributed by atoms with Gasteiger partial charge in [0.15, 0.2) is 0 Å². The molecule has 0 spiro atoms. The van der Waals surface area contributed by atoms with Crippen LogP contribution in [0.5, 0.6) is 0 Å². The molecule has 2 rings (SSSR count). The lowest BCUT2D eigenvalue weighted by Crippen LogP contribution is -2.37. The molecule has 0 aliphatic carbocycles. The Morgan fingerprint density at radius 2 is 1.95 bits per heavy atom. The maximum absolute atomic E-state index is 12.6. The van der Waals surface area contributed by atoms with Crippen LogP contribution in [0.4, 0.5) is 13.2 Å². The molecule has 1 heterocycles. The lowest BCUT2D eigenvalue weighted by Gasteiger charge is -2.31. The van der Waals surface area contributed by atoms with Gasteiger partial charge < -0.3 is 5.32 Å². The van der Waals surface area contributed by atoms with Gasteiger partial charge in [-0.1, -0.05) is 12.1 Å². The number of nitrogens with zero attached hydrogens (tertiary/aromatic N) is 1. The highest BCUT2D eigenvalue weighted by molar-refractivity contribution is 5.26. The van der Waals surface area contributed by atoms with Crippen LogP contribution in [0.1, 0.15) is 36.9 Å². The Balaban J connectivity index is 1.96. The van der Waals surface area contributed by atoms with Crippen LogP contribution in [0.15, 0.2) is 24.3 Å².